The highest BCUT2D eigenvalue weighted by atomic mass is 32.2. The van der Waals surface area contributed by atoms with E-state index in [-0.39, 0.29) is 12.2 Å². The summed E-state index contributed by atoms with van der Waals surface area (Å²) in [7, 11) is -4.03. The maximum Gasteiger partial charge on any atom is 0.333 e. The highest BCUT2D eigenvalue weighted by Gasteiger charge is 2.05. The molecule has 0 atom stereocenters. The van der Waals surface area contributed by atoms with Crippen molar-refractivity contribution in [2.24, 2.45) is 5.14 Å². The van der Waals surface area contributed by atoms with Crippen molar-refractivity contribution < 1.29 is 22.1 Å². The van der Waals surface area contributed by atoms with Crippen LogP contribution in [0.25, 0.3) is 0 Å². The lowest BCUT2D eigenvalue weighted by atomic mass is 10.2. The Morgan fingerprint density at radius 1 is 1.50 bits per heavy atom. The van der Waals surface area contributed by atoms with Crippen LogP contribution in [0.15, 0.2) is 18.2 Å². The first-order chi connectivity index (χ1) is 6.38. The number of phenols is 1. The molecule has 0 aliphatic carbocycles. The topological polar surface area (TPSA) is 89.6 Å². The van der Waals surface area contributed by atoms with Gasteiger partial charge >= 0.3 is 10.3 Å². The van der Waals surface area contributed by atoms with Crippen molar-refractivity contribution in [3.8, 4) is 5.75 Å². The Morgan fingerprint density at radius 2 is 2.14 bits per heavy atom. The van der Waals surface area contributed by atoms with E-state index in [0.29, 0.717) is 0 Å². The van der Waals surface area contributed by atoms with Crippen LogP contribution in [0.4, 0.5) is 4.39 Å². The van der Waals surface area contributed by atoms with E-state index >= 15 is 0 Å². The second-order valence-corrected chi connectivity index (χ2v) is 3.76. The number of benzene rings is 1. The Kier molecular flexibility index (Phi) is 3.04. The monoisotopic (exact) mass is 221 g/mol. The minimum atomic E-state index is -4.03. The van der Waals surface area contributed by atoms with Gasteiger partial charge in [0.2, 0.25) is 0 Å². The molecule has 0 saturated heterocycles. The number of phenolic OH excluding ortho intramolecular Hbond substituents is 1. The van der Waals surface area contributed by atoms with Gasteiger partial charge < -0.3 is 5.11 Å². The quantitative estimate of drug-likeness (QED) is 0.765. The van der Waals surface area contributed by atoms with Crippen LogP contribution in [0.5, 0.6) is 5.75 Å². The summed E-state index contributed by atoms with van der Waals surface area (Å²) in [6.45, 7) is -0.365. The molecule has 1 rings (SSSR count). The van der Waals surface area contributed by atoms with Crippen molar-refractivity contribution in [2.45, 2.75) is 6.61 Å². The predicted octanol–water partition coefficient (Wildman–Crippen LogP) is 0.251. The number of aromatic hydroxyl groups is 1. The molecule has 0 aliphatic rings. The van der Waals surface area contributed by atoms with Crippen LogP contribution in [-0.2, 0) is 21.1 Å². The molecule has 7 heteroatoms. The second-order valence-electron chi connectivity index (χ2n) is 2.54. The Balaban J connectivity index is 2.74. The molecule has 3 N–H and O–H groups in total. The zero-order valence-corrected chi connectivity index (χ0v) is 7.79. The van der Waals surface area contributed by atoms with E-state index in [1.165, 1.54) is 6.07 Å². The summed E-state index contributed by atoms with van der Waals surface area (Å²) in [5.41, 5.74) is 0.259. The van der Waals surface area contributed by atoms with Gasteiger partial charge in [0.25, 0.3) is 0 Å². The van der Waals surface area contributed by atoms with Gasteiger partial charge in [-0.05, 0) is 17.7 Å². The standard InChI is InChI=1S/C7H8FNO4S/c8-6-3-5(1-2-7(6)10)4-13-14(9,11)12/h1-3,10H,4H2,(H2,9,11,12). The van der Waals surface area contributed by atoms with Gasteiger partial charge in [-0.2, -0.15) is 8.42 Å². The number of rotatable bonds is 3. The van der Waals surface area contributed by atoms with E-state index < -0.39 is 21.9 Å². The summed E-state index contributed by atoms with van der Waals surface area (Å²) in [5.74, 6) is -1.36. The number of hydrogen-bond donors (Lipinski definition) is 2. The van der Waals surface area contributed by atoms with E-state index in [2.05, 4.69) is 9.32 Å². The molecule has 1 aromatic carbocycles. The van der Waals surface area contributed by atoms with Crippen molar-refractivity contribution in [2.75, 3.05) is 0 Å². The zero-order valence-electron chi connectivity index (χ0n) is 6.97. The third kappa shape index (κ3) is 3.29. The third-order valence-electron chi connectivity index (χ3n) is 1.40. The van der Waals surface area contributed by atoms with Gasteiger partial charge in [0, 0.05) is 0 Å². The molecule has 0 fully saturated rings. The third-order valence-corrected chi connectivity index (χ3v) is 1.85. The van der Waals surface area contributed by atoms with Gasteiger partial charge in [0.15, 0.2) is 11.6 Å². The molecular weight excluding hydrogens is 213 g/mol. The summed E-state index contributed by atoms with van der Waals surface area (Å²) in [5, 5.41) is 13.4. The first-order valence-electron chi connectivity index (χ1n) is 3.53. The summed E-state index contributed by atoms with van der Waals surface area (Å²) >= 11 is 0. The highest BCUT2D eigenvalue weighted by molar-refractivity contribution is 7.84. The molecule has 5 nitrogen and oxygen atoms in total. The van der Waals surface area contributed by atoms with Crippen LogP contribution in [-0.4, -0.2) is 13.5 Å². The van der Waals surface area contributed by atoms with Gasteiger partial charge in [0.1, 0.15) is 0 Å². The van der Waals surface area contributed by atoms with Crippen LogP contribution in [0.1, 0.15) is 5.56 Å². The summed E-state index contributed by atoms with van der Waals surface area (Å²) in [4.78, 5) is 0. The average molecular weight is 221 g/mol. The van der Waals surface area contributed by atoms with Gasteiger partial charge in [-0.25, -0.2) is 9.53 Å². The maximum atomic E-state index is 12.7. The average Bonchev–Trinajstić information content (AvgIpc) is 2.06. The minimum Gasteiger partial charge on any atom is -0.505 e. The van der Waals surface area contributed by atoms with Gasteiger partial charge in [-0.3, -0.25) is 4.18 Å². The Labute approximate surface area is 80.2 Å². The van der Waals surface area contributed by atoms with Crippen LogP contribution in [0.2, 0.25) is 0 Å². The van der Waals surface area contributed by atoms with Crippen molar-refractivity contribution >= 4 is 10.3 Å². The SMILES string of the molecule is NS(=O)(=O)OCc1ccc(O)c(F)c1. The number of hydrogen-bond acceptors (Lipinski definition) is 4. The van der Waals surface area contributed by atoms with Crippen LogP contribution < -0.4 is 5.14 Å². The minimum absolute atomic E-state index is 0.259. The smallest absolute Gasteiger partial charge is 0.333 e. The highest BCUT2D eigenvalue weighted by Crippen LogP contribution is 2.16. The molecule has 0 bridgehead atoms. The van der Waals surface area contributed by atoms with E-state index in [1.54, 1.807) is 0 Å². The molecule has 14 heavy (non-hydrogen) atoms. The van der Waals surface area contributed by atoms with E-state index in [9.17, 15) is 12.8 Å². The first-order valence-corrected chi connectivity index (χ1v) is 5.00. The normalized spacial score (nSPS) is 11.6. The molecule has 0 aliphatic heterocycles. The van der Waals surface area contributed by atoms with Crippen LogP contribution in [0, 0.1) is 5.82 Å². The molecule has 0 spiro atoms. The van der Waals surface area contributed by atoms with Gasteiger partial charge in [-0.1, -0.05) is 6.07 Å². The number of nitrogens with two attached hydrogens (primary N) is 1. The lowest BCUT2D eigenvalue weighted by Crippen LogP contribution is -2.15. The van der Waals surface area contributed by atoms with Crippen molar-refractivity contribution in [1.82, 2.24) is 0 Å². The van der Waals surface area contributed by atoms with Gasteiger partial charge in [0.05, 0.1) is 6.61 Å². The molecule has 0 saturated carbocycles. The Bertz CT molecular complexity index is 431. The maximum absolute atomic E-state index is 12.7. The zero-order chi connectivity index (χ0) is 10.8. The van der Waals surface area contributed by atoms with E-state index in [1.807, 2.05) is 0 Å². The molecular formula is C7H8FNO4S. The molecule has 0 amide bonds. The van der Waals surface area contributed by atoms with Gasteiger partial charge in [-0.15, -0.1) is 0 Å². The summed E-state index contributed by atoms with van der Waals surface area (Å²) < 4.78 is 37.7. The molecule has 0 heterocycles. The van der Waals surface area contributed by atoms with Crippen molar-refractivity contribution in [3.05, 3.63) is 29.6 Å². The summed E-state index contributed by atoms with van der Waals surface area (Å²) in [6.07, 6.45) is 0. The summed E-state index contributed by atoms with van der Waals surface area (Å²) in [6, 6.07) is 3.38. The Hall–Kier alpha value is -1.18. The predicted molar refractivity (Wildman–Crippen MR) is 46.0 cm³/mol. The largest absolute Gasteiger partial charge is 0.505 e. The molecule has 0 unspecified atom stereocenters. The molecule has 78 valence electrons. The molecule has 0 aromatic heterocycles. The fraction of sp³-hybridized carbons (Fsp3) is 0.143. The fourth-order valence-corrected chi connectivity index (χ4v) is 1.09. The van der Waals surface area contributed by atoms with Crippen molar-refractivity contribution in [3.63, 3.8) is 0 Å². The van der Waals surface area contributed by atoms with Crippen LogP contribution in [0.3, 0.4) is 0 Å². The number of halogens is 1. The lowest BCUT2D eigenvalue weighted by molar-refractivity contribution is 0.307. The second kappa shape index (κ2) is 3.91. The fourth-order valence-electron chi connectivity index (χ4n) is 0.790. The molecule has 1 aromatic rings. The lowest BCUT2D eigenvalue weighted by Gasteiger charge is -2.02. The van der Waals surface area contributed by atoms with Crippen LogP contribution >= 0.6 is 0 Å². The van der Waals surface area contributed by atoms with E-state index in [0.717, 1.165) is 12.1 Å². The van der Waals surface area contributed by atoms with E-state index in [4.69, 9.17) is 5.11 Å². The Morgan fingerprint density at radius 3 is 2.64 bits per heavy atom. The first kappa shape index (κ1) is 10.9. The van der Waals surface area contributed by atoms with Crippen molar-refractivity contribution in [1.29, 1.82) is 0 Å². The molecule has 0 radical (unpaired) electrons.